The van der Waals surface area contributed by atoms with E-state index in [0.717, 1.165) is 19.3 Å². The van der Waals surface area contributed by atoms with Crippen LogP contribution < -0.4 is 5.32 Å². The van der Waals surface area contributed by atoms with Gasteiger partial charge in [-0.1, -0.05) is 6.42 Å². The molecule has 0 atom stereocenters. The van der Waals surface area contributed by atoms with Crippen LogP contribution in [0.2, 0.25) is 0 Å². The van der Waals surface area contributed by atoms with E-state index in [4.69, 9.17) is 11.6 Å². The lowest BCUT2D eigenvalue weighted by Crippen LogP contribution is -2.38. The van der Waals surface area contributed by atoms with Crippen LogP contribution in [-0.4, -0.2) is 55.0 Å². The minimum atomic E-state index is -0.0651. The zero-order valence-electron chi connectivity index (χ0n) is 10.5. The fourth-order valence-electron chi connectivity index (χ4n) is 1.79. The van der Waals surface area contributed by atoms with Crippen molar-refractivity contribution in [2.75, 3.05) is 32.1 Å². The molecule has 0 aromatic heterocycles. The zero-order valence-corrected chi connectivity index (χ0v) is 11.3. The molecule has 2 amide bonds. The molecule has 102 valence electrons. The summed E-state index contributed by atoms with van der Waals surface area (Å²) in [5.41, 5.74) is 0. The van der Waals surface area contributed by atoms with E-state index in [0.29, 0.717) is 32.6 Å². The number of hydrogen-bond acceptors (Lipinski definition) is 3. The summed E-state index contributed by atoms with van der Waals surface area (Å²) in [5, 5.41) is 3.11. The molecule has 1 rings (SSSR count). The van der Waals surface area contributed by atoms with Gasteiger partial charge in [0.25, 0.3) is 0 Å². The Labute approximate surface area is 113 Å². The minimum absolute atomic E-state index is 0.0277. The summed E-state index contributed by atoms with van der Waals surface area (Å²) in [5.74, 6) is -0.0669. The molecule has 0 saturated carbocycles. The highest BCUT2D eigenvalue weighted by molar-refractivity contribution is 6.27. The Morgan fingerprint density at radius 1 is 1.39 bits per heavy atom. The molecular weight excluding hydrogens is 254 g/mol. The van der Waals surface area contributed by atoms with Crippen molar-refractivity contribution in [1.82, 2.24) is 10.2 Å². The highest BCUT2D eigenvalue weighted by Gasteiger charge is 2.11. The molecule has 0 fully saturated rings. The fraction of sp³-hybridized carbons (Fsp3) is 0.750. The van der Waals surface area contributed by atoms with Gasteiger partial charge < -0.3 is 10.2 Å². The van der Waals surface area contributed by atoms with Gasteiger partial charge in [-0.3, -0.25) is 9.59 Å². The topological polar surface area (TPSA) is 61.8 Å². The normalized spacial score (nSPS) is 19.8. The van der Waals surface area contributed by atoms with Crippen LogP contribution in [0.3, 0.4) is 0 Å². The predicted octanol–water partition coefficient (Wildman–Crippen LogP) is 0.815. The van der Waals surface area contributed by atoms with Gasteiger partial charge in [0.05, 0.1) is 0 Å². The van der Waals surface area contributed by atoms with E-state index in [9.17, 15) is 9.59 Å². The lowest BCUT2D eigenvalue weighted by molar-refractivity contribution is -0.128. The highest BCUT2D eigenvalue weighted by Crippen LogP contribution is 2.04. The smallest absolute Gasteiger partial charge is 0.245 e. The van der Waals surface area contributed by atoms with E-state index in [1.54, 1.807) is 11.1 Å². The highest BCUT2D eigenvalue weighted by atomic mass is 35.5. The Kier molecular flexibility index (Phi) is 7.60. The van der Waals surface area contributed by atoms with Gasteiger partial charge in [-0.15, -0.1) is 11.6 Å². The standard InChI is InChI=1S/C12H20ClN3O2/c13-10-12(18)16-8-3-1-2-4-11(17)15-6-5-14-7-9-16/h6,14H,1-5,7-10H2. The number of alkyl halides is 1. The summed E-state index contributed by atoms with van der Waals surface area (Å²) in [6.45, 7) is 2.59. The first-order valence-electron chi connectivity index (χ1n) is 6.34. The molecule has 0 bridgehead atoms. The third kappa shape index (κ3) is 6.12. The average Bonchev–Trinajstić information content (AvgIpc) is 2.40. The number of nitrogens with one attached hydrogen (secondary N) is 1. The first kappa shape index (κ1) is 15.1. The van der Waals surface area contributed by atoms with Gasteiger partial charge >= 0.3 is 0 Å². The van der Waals surface area contributed by atoms with Crippen LogP contribution in [0.25, 0.3) is 0 Å². The maximum Gasteiger partial charge on any atom is 0.245 e. The van der Waals surface area contributed by atoms with Crippen LogP contribution in [0.4, 0.5) is 0 Å². The van der Waals surface area contributed by atoms with Crippen molar-refractivity contribution in [3.05, 3.63) is 0 Å². The molecule has 1 N–H and O–H groups in total. The fourth-order valence-corrected chi connectivity index (χ4v) is 1.96. The number of amides is 2. The maximum absolute atomic E-state index is 11.6. The van der Waals surface area contributed by atoms with E-state index in [1.165, 1.54) is 0 Å². The summed E-state index contributed by atoms with van der Waals surface area (Å²) < 4.78 is 0. The molecule has 0 saturated heterocycles. The number of hydrogen-bond donors (Lipinski definition) is 1. The summed E-state index contributed by atoms with van der Waals surface area (Å²) in [7, 11) is 0. The van der Waals surface area contributed by atoms with Gasteiger partial charge in [0.15, 0.2) is 0 Å². The van der Waals surface area contributed by atoms with E-state index >= 15 is 0 Å². The van der Waals surface area contributed by atoms with Gasteiger partial charge in [-0.25, -0.2) is 4.99 Å². The molecule has 18 heavy (non-hydrogen) atoms. The number of aliphatic imine (C=N–C) groups is 1. The summed E-state index contributed by atoms with van der Waals surface area (Å²) in [6, 6.07) is 0. The van der Waals surface area contributed by atoms with Gasteiger partial charge in [-0.05, 0) is 12.8 Å². The number of rotatable bonds is 1. The number of carbonyl (C=O) groups excluding carboxylic acids is 2. The third-order valence-corrected chi connectivity index (χ3v) is 3.04. The molecule has 6 heteroatoms. The van der Waals surface area contributed by atoms with Crippen molar-refractivity contribution in [3.8, 4) is 0 Å². The molecular formula is C12H20ClN3O2. The Balaban J connectivity index is 2.46. The number of halogens is 1. The van der Waals surface area contributed by atoms with E-state index in [1.807, 2.05) is 0 Å². The third-order valence-electron chi connectivity index (χ3n) is 2.82. The Bertz CT molecular complexity index is 308. The molecule has 1 heterocycles. The van der Waals surface area contributed by atoms with Gasteiger partial charge in [0.2, 0.25) is 11.8 Å². The Hall–Kier alpha value is -0.940. The van der Waals surface area contributed by atoms with Crippen LogP contribution in [0, 0.1) is 0 Å². The molecule has 0 unspecified atom stereocenters. The lowest BCUT2D eigenvalue weighted by Gasteiger charge is -2.21. The molecule has 0 aliphatic carbocycles. The van der Waals surface area contributed by atoms with Crippen molar-refractivity contribution in [2.24, 2.45) is 4.99 Å². The van der Waals surface area contributed by atoms with Gasteiger partial charge in [-0.2, -0.15) is 0 Å². The molecule has 5 nitrogen and oxygen atoms in total. The average molecular weight is 274 g/mol. The second-order valence-electron chi connectivity index (χ2n) is 4.23. The first-order valence-corrected chi connectivity index (χ1v) is 6.87. The van der Waals surface area contributed by atoms with Crippen LogP contribution in [0.1, 0.15) is 25.7 Å². The molecule has 1 aliphatic rings. The maximum atomic E-state index is 11.6. The van der Waals surface area contributed by atoms with Crippen LogP contribution in [-0.2, 0) is 9.59 Å². The lowest BCUT2D eigenvalue weighted by atomic mass is 10.2. The summed E-state index contributed by atoms with van der Waals surface area (Å²) in [4.78, 5) is 28.5. The molecule has 0 aromatic carbocycles. The second kappa shape index (κ2) is 9.05. The molecule has 0 radical (unpaired) electrons. The molecule has 0 aromatic rings. The van der Waals surface area contributed by atoms with Crippen LogP contribution in [0.15, 0.2) is 4.99 Å². The Morgan fingerprint density at radius 3 is 3.00 bits per heavy atom. The van der Waals surface area contributed by atoms with Crippen molar-refractivity contribution in [3.63, 3.8) is 0 Å². The van der Waals surface area contributed by atoms with Crippen molar-refractivity contribution in [1.29, 1.82) is 0 Å². The summed E-state index contributed by atoms with van der Waals surface area (Å²) in [6.07, 6.45) is 4.74. The first-order chi connectivity index (χ1) is 8.74. The monoisotopic (exact) mass is 273 g/mol. The molecule has 0 spiro atoms. The summed E-state index contributed by atoms with van der Waals surface area (Å²) >= 11 is 5.58. The molecule has 1 aliphatic heterocycles. The van der Waals surface area contributed by atoms with Crippen molar-refractivity contribution in [2.45, 2.75) is 25.7 Å². The van der Waals surface area contributed by atoms with E-state index < -0.39 is 0 Å². The number of carbonyl (C=O) groups is 2. The van der Waals surface area contributed by atoms with Gasteiger partial charge in [0.1, 0.15) is 5.88 Å². The minimum Gasteiger partial charge on any atom is -0.340 e. The van der Waals surface area contributed by atoms with Crippen molar-refractivity contribution >= 4 is 29.6 Å². The van der Waals surface area contributed by atoms with Crippen LogP contribution >= 0.6 is 11.6 Å². The van der Waals surface area contributed by atoms with E-state index in [2.05, 4.69) is 10.3 Å². The van der Waals surface area contributed by atoms with E-state index in [-0.39, 0.29) is 17.7 Å². The number of nitrogens with zero attached hydrogens (tertiary/aromatic N) is 2. The predicted molar refractivity (Wildman–Crippen MR) is 72.1 cm³/mol. The quantitative estimate of drug-likeness (QED) is 0.720. The van der Waals surface area contributed by atoms with Crippen molar-refractivity contribution < 1.29 is 9.59 Å². The second-order valence-corrected chi connectivity index (χ2v) is 4.50. The largest absolute Gasteiger partial charge is 0.340 e. The Morgan fingerprint density at radius 2 is 2.22 bits per heavy atom. The van der Waals surface area contributed by atoms with Gasteiger partial charge in [0, 0.05) is 38.8 Å². The SMILES string of the molecule is O=C1CCCCCN(C(=O)CCl)CCNCC=N1. The zero-order chi connectivity index (χ0) is 13.2. The van der Waals surface area contributed by atoms with Crippen LogP contribution in [0.5, 0.6) is 0 Å².